The van der Waals surface area contributed by atoms with Gasteiger partial charge in [0.05, 0.1) is 0 Å². The highest BCUT2D eigenvalue weighted by molar-refractivity contribution is 5.96. The summed E-state index contributed by atoms with van der Waals surface area (Å²) in [7, 11) is 0. The van der Waals surface area contributed by atoms with Gasteiger partial charge in [0.2, 0.25) is 0 Å². The lowest BCUT2D eigenvalue weighted by Crippen LogP contribution is -2.44. The van der Waals surface area contributed by atoms with Gasteiger partial charge in [0.25, 0.3) is 5.91 Å². The molecule has 1 aliphatic rings. The Morgan fingerprint density at radius 3 is 2.48 bits per heavy atom. The number of carbonyl (C=O) groups is 2. The van der Waals surface area contributed by atoms with E-state index < -0.39 is 17.9 Å². The summed E-state index contributed by atoms with van der Waals surface area (Å²) in [5.74, 6) is -0.636. The monoisotopic (exact) mass is 447 g/mol. The number of hydrogen-bond acceptors (Lipinski definition) is 5. The second-order valence-electron chi connectivity index (χ2n) is 8.22. The van der Waals surface area contributed by atoms with Gasteiger partial charge in [0.1, 0.15) is 18.4 Å². The molecular formula is C26H29N3O4. The number of carbonyl (C=O) groups excluding carboxylic acids is 1. The second-order valence-corrected chi connectivity index (χ2v) is 8.22. The van der Waals surface area contributed by atoms with Gasteiger partial charge in [0.15, 0.2) is 0 Å². The summed E-state index contributed by atoms with van der Waals surface area (Å²) in [5.41, 5.74) is 1.28. The number of piperazine rings is 1. The van der Waals surface area contributed by atoms with Crippen LogP contribution in [0.5, 0.6) is 5.75 Å². The average Bonchev–Trinajstić information content (AvgIpc) is 2.84. The Hall–Kier alpha value is -3.42. The first-order valence-electron chi connectivity index (χ1n) is 11.3. The van der Waals surface area contributed by atoms with Crippen LogP contribution in [0, 0.1) is 0 Å². The molecule has 1 amide bonds. The number of hydrogen-bond donors (Lipinski definition) is 3. The lowest BCUT2D eigenvalue weighted by molar-refractivity contribution is -0.139. The number of nitrogens with one attached hydrogen (secondary N) is 2. The highest BCUT2D eigenvalue weighted by Gasteiger charge is 2.21. The Morgan fingerprint density at radius 1 is 1.00 bits per heavy atom. The maximum Gasteiger partial charge on any atom is 0.326 e. The van der Waals surface area contributed by atoms with Crippen LogP contribution in [0.3, 0.4) is 0 Å². The Labute approximate surface area is 193 Å². The van der Waals surface area contributed by atoms with Crippen LogP contribution in [-0.2, 0) is 11.2 Å². The van der Waals surface area contributed by atoms with Gasteiger partial charge in [0, 0.05) is 44.7 Å². The fraction of sp³-hybridized carbons (Fsp3) is 0.308. The molecule has 1 unspecified atom stereocenters. The molecule has 7 nitrogen and oxygen atoms in total. The Morgan fingerprint density at radius 2 is 1.73 bits per heavy atom. The first-order valence-corrected chi connectivity index (χ1v) is 11.3. The van der Waals surface area contributed by atoms with E-state index >= 15 is 0 Å². The van der Waals surface area contributed by atoms with Gasteiger partial charge < -0.3 is 20.5 Å². The van der Waals surface area contributed by atoms with Gasteiger partial charge in [-0.25, -0.2) is 4.79 Å². The number of carboxylic acids is 1. The number of rotatable bonds is 9. The van der Waals surface area contributed by atoms with Gasteiger partial charge in [-0.3, -0.25) is 9.69 Å². The third kappa shape index (κ3) is 6.31. The van der Waals surface area contributed by atoms with Crippen molar-refractivity contribution in [2.75, 3.05) is 39.3 Å². The first-order chi connectivity index (χ1) is 16.1. The molecule has 33 heavy (non-hydrogen) atoms. The first kappa shape index (κ1) is 22.8. The zero-order valence-corrected chi connectivity index (χ0v) is 18.5. The number of carboxylic acid groups (broad SMARTS) is 1. The molecule has 0 bridgehead atoms. The van der Waals surface area contributed by atoms with Gasteiger partial charge in [-0.1, -0.05) is 42.5 Å². The molecule has 1 aliphatic heterocycles. The van der Waals surface area contributed by atoms with Crippen LogP contribution in [0.15, 0.2) is 66.7 Å². The molecule has 0 aromatic heterocycles. The molecule has 1 saturated heterocycles. The van der Waals surface area contributed by atoms with Crippen LogP contribution in [0.25, 0.3) is 10.8 Å². The van der Waals surface area contributed by atoms with Gasteiger partial charge in [-0.05, 0) is 40.6 Å². The van der Waals surface area contributed by atoms with Crippen LogP contribution in [0.4, 0.5) is 0 Å². The zero-order chi connectivity index (χ0) is 23.0. The summed E-state index contributed by atoms with van der Waals surface area (Å²) in [6.45, 7) is 5.70. The van der Waals surface area contributed by atoms with E-state index in [1.54, 1.807) is 24.3 Å². The maximum atomic E-state index is 12.4. The second kappa shape index (κ2) is 10.9. The minimum absolute atomic E-state index is 0.201. The average molecular weight is 448 g/mol. The van der Waals surface area contributed by atoms with Crippen molar-refractivity contribution in [3.8, 4) is 5.75 Å². The fourth-order valence-corrected chi connectivity index (χ4v) is 3.98. The van der Waals surface area contributed by atoms with Crippen molar-refractivity contribution in [2.24, 2.45) is 0 Å². The predicted molar refractivity (Wildman–Crippen MR) is 128 cm³/mol. The molecule has 3 aromatic rings. The molecular weight excluding hydrogens is 418 g/mol. The van der Waals surface area contributed by atoms with E-state index in [0.29, 0.717) is 12.2 Å². The summed E-state index contributed by atoms with van der Waals surface area (Å²) in [6, 6.07) is 19.4. The lowest BCUT2D eigenvalue weighted by atomic mass is 10.0. The quantitative estimate of drug-likeness (QED) is 0.467. The number of aliphatic carboxylic acids is 1. The van der Waals surface area contributed by atoms with Crippen LogP contribution in [0.2, 0.25) is 0 Å². The van der Waals surface area contributed by atoms with Gasteiger partial charge in [-0.15, -0.1) is 0 Å². The summed E-state index contributed by atoms with van der Waals surface area (Å²) in [4.78, 5) is 26.5. The number of benzene rings is 3. The van der Waals surface area contributed by atoms with Crippen molar-refractivity contribution in [1.29, 1.82) is 0 Å². The van der Waals surface area contributed by atoms with E-state index in [9.17, 15) is 14.7 Å². The molecule has 0 saturated carbocycles. The summed E-state index contributed by atoms with van der Waals surface area (Å²) < 4.78 is 5.94. The van der Waals surface area contributed by atoms with E-state index in [0.717, 1.165) is 54.8 Å². The van der Waals surface area contributed by atoms with E-state index in [4.69, 9.17) is 4.74 Å². The Balaban J connectivity index is 1.37. The minimum Gasteiger partial charge on any atom is -0.492 e. The summed E-state index contributed by atoms with van der Waals surface area (Å²) >= 11 is 0. The normalized spacial score (nSPS) is 15.2. The summed E-state index contributed by atoms with van der Waals surface area (Å²) in [6.07, 6.45) is 0.201. The number of amides is 1. The van der Waals surface area contributed by atoms with Crippen LogP contribution < -0.4 is 15.4 Å². The number of fused-ring (bicyclic) bond motifs is 1. The Bertz CT molecular complexity index is 1100. The predicted octanol–water partition coefficient (Wildman–Crippen LogP) is 2.55. The molecule has 4 rings (SSSR count). The molecule has 0 radical (unpaired) electrons. The highest BCUT2D eigenvalue weighted by Crippen LogP contribution is 2.23. The van der Waals surface area contributed by atoms with Gasteiger partial charge >= 0.3 is 5.97 Å². The molecule has 172 valence electrons. The SMILES string of the molecule is O=C(NC(Cc1ccc2cc(OCCN3CCNCC3)ccc2c1)C(=O)O)c1ccccc1. The van der Waals surface area contributed by atoms with Crippen LogP contribution in [-0.4, -0.2) is 67.3 Å². The van der Waals surface area contributed by atoms with Crippen molar-refractivity contribution in [1.82, 2.24) is 15.5 Å². The summed E-state index contributed by atoms with van der Waals surface area (Å²) in [5, 5.41) is 17.6. The molecule has 0 spiro atoms. The van der Waals surface area contributed by atoms with E-state index in [-0.39, 0.29) is 6.42 Å². The lowest BCUT2D eigenvalue weighted by Gasteiger charge is -2.26. The molecule has 1 heterocycles. The number of ether oxygens (including phenoxy) is 1. The van der Waals surface area contributed by atoms with Crippen molar-refractivity contribution < 1.29 is 19.4 Å². The molecule has 7 heteroatoms. The van der Waals surface area contributed by atoms with Crippen molar-refractivity contribution in [3.05, 3.63) is 77.9 Å². The van der Waals surface area contributed by atoms with Gasteiger partial charge in [-0.2, -0.15) is 0 Å². The minimum atomic E-state index is -1.06. The molecule has 0 aliphatic carbocycles. The third-order valence-corrected chi connectivity index (χ3v) is 5.84. The van der Waals surface area contributed by atoms with E-state index in [1.807, 2.05) is 42.5 Å². The van der Waals surface area contributed by atoms with Crippen LogP contribution >= 0.6 is 0 Å². The number of nitrogens with zero attached hydrogens (tertiary/aromatic N) is 1. The fourth-order valence-electron chi connectivity index (χ4n) is 3.98. The largest absolute Gasteiger partial charge is 0.492 e. The maximum absolute atomic E-state index is 12.4. The zero-order valence-electron chi connectivity index (χ0n) is 18.5. The smallest absolute Gasteiger partial charge is 0.326 e. The van der Waals surface area contributed by atoms with E-state index in [1.165, 1.54) is 0 Å². The molecule has 1 atom stereocenters. The van der Waals surface area contributed by atoms with Crippen molar-refractivity contribution in [2.45, 2.75) is 12.5 Å². The Kier molecular flexibility index (Phi) is 7.55. The highest BCUT2D eigenvalue weighted by atomic mass is 16.5. The molecule has 1 fully saturated rings. The van der Waals surface area contributed by atoms with Crippen LogP contribution in [0.1, 0.15) is 15.9 Å². The van der Waals surface area contributed by atoms with Crippen molar-refractivity contribution >= 4 is 22.6 Å². The topological polar surface area (TPSA) is 90.9 Å². The molecule has 3 aromatic carbocycles. The standard InChI is InChI=1S/C26H29N3O4/c30-25(20-4-2-1-3-5-20)28-24(26(31)32)17-19-6-7-22-18-23(9-8-21(22)16-19)33-15-14-29-12-10-27-11-13-29/h1-9,16,18,24,27H,10-15,17H2,(H,28,30)(H,31,32). The molecule has 3 N–H and O–H groups in total. The van der Waals surface area contributed by atoms with Crippen molar-refractivity contribution in [3.63, 3.8) is 0 Å². The third-order valence-electron chi connectivity index (χ3n) is 5.84. The van der Waals surface area contributed by atoms with E-state index in [2.05, 4.69) is 15.5 Å².